The van der Waals surface area contributed by atoms with Gasteiger partial charge in [0.1, 0.15) is 0 Å². The fourth-order valence-electron chi connectivity index (χ4n) is 4.20. The Labute approximate surface area is 190 Å². The fourth-order valence-corrected chi connectivity index (χ4v) is 4.20. The van der Waals surface area contributed by atoms with Crippen LogP contribution < -0.4 is 16.0 Å². The minimum absolute atomic E-state index is 0.0603. The number of nitrogens with zero attached hydrogens (tertiary/aromatic N) is 1. The minimum Gasteiger partial charge on any atom is -0.376 e. The Kier molecular flexibility index (Phi) is 7.43. The molecule has 2 aromatic carbocycles. The Balaban J connectivity index is 1.33. The molecule has 6 nitrogen and oxygen atoms in total. The van der Waals surface area contributed by atoms with Crippen molar-refractivity contribution >= 4 is 11.9 Å². The number of guanidine groups is 1. The van der Waals surface area contributed by atoms with Crippen molar-refractivity contribution in [3.63, 3.8) is 0 Å². The Hall–Kier alpha value is -2.86. The third kappa shape index (κ3) is 5.88. The van der Waals surface area contributed by atoms with Crippen LogP contribution >= 0.6 is 0 Å². The summed E-state index contributed by atoms with van der Waals surface area (Å²) < 4.78 is 5.58. The van der Waals surface area contributed by atoms with E-state index in [0.717, 1.165) is 44.1 Å². The number of aliphatic imine (C=N–C) groups is 1. The summed E-state index contributed by atoms with van der Waals surface area (Å²) in [5, 5.41) is 9.85. The molecule has 3 N–H and O–H groups in total. The van der Waals surface area contributed by atoms with Gasteiger partial charge >= 0.3 is 0 Å². The summed E-state index contributed by atoms with van der Waals surface area (Å²) in [5.74, 6) is 0.748. The maximum atomic E-state index is 12.5. The van der Waals surface area contributed by atoms with Crippen LogP contribution in [0.5, 0.6) is 0 Å². The maximum absolute atomic E-state index is 12.5. The lowest BCUT2D eigenvalue weighted by atomic mass is 9.96. The molecule has 0 radical (unpaired) electrons. The number of carbonyl (C=O) groups excluding carboxylic acids is 1. The quantitative estimate of drug-likeness (QED) is 0.418. The second-order valence-electron chi connectivity index (χ2n) is 8.74. The average molecular weight is 435 g/mol. The third-order valence-corrected chi connectivity index (χ3v) is 6.30. The molecule has 32 heavy (non-hydrogen) atoms. The average Bonchev–Trinajstić information content (AvgIpc) is 3.45. The van der Waals surface area contributed by atoms with E-state index >= 15 is 0 Å². The molecule has 1 saturated carbocycles. The summed E-state index contributed by atoms with van der Waals surface area (Å²) in [6, 6.07) is 18.4. The van der Waals surface area contributed by atoms with Crippen LogP contribution in [0.3, 0.4) is 0 Å². The predicted molar refractivity (Wildman–Crippen MR) is 128 cm³/mol. The van der Waals surface area contributed by atoms with E-state index in [9.17, 15) is 4.79 Å². The topological polar surface area (TPSA) is 74.8 Å². The number of benzene rings is 2. The van der Waals surface area contributed by atoms with Gasteiger partial charge in [-0.15, -0.1) is 0 Å². The molecular formula is C26H34N4O2. The van der Waals surface area contributed by atoms with Gasteiger partial charge in [-0.05, 0) is 55.9 Å². The highest BCUT2D eigenvalue weighted by atomic mass is 16.5. The third-order valence-electron chi connectivity index (χ3n) is 6.30. The van der Waals surface area contributed by atoms with Gasteiger partial charge in [-0.2, -0.15) is 0 Å². The van der Waals surface area contributed by atoms with Gasteiger partial charge < -0.3 is 20.7 Å². The molecule has 0 spiro atoms. The van der Waals surface area contributed by atoms with Gasteiger partial charge in [-0.25, -0.2) is 4.99 Å². The Morgan fingerprint density at radius 2 is 1.94 bits per heavy atom. The number of nitrogens with one attached hydrogen (secondary N) is 3. The summed E-state index contributed by atoms with van der Waals surface area (Å²) in [7, 11) is 0. The predicted octanol–water partition coefficient (Wildman–Crippen LogP) is 3.38. The van der Waals surface area contributed by atoms with E-state index in [2.05, 4.69) is 53.2 Å². The molecule has 170 valence electrons. The van der Waals surface area contributed by atoms with Gasteiger partial charge in [0.05, 0.1) is 12.6 Å². The molecule has 1 aliphatic carbocycles. The summed E-state index contributed by atoms with van der Waals surface area (Å²) in [4.78, 5) is 17.3. The van der Waals surface area contributed by atoms with Crippen molar-refractivity contribution in [2.45, 2.75) is 50.7 Å². The molecule has 1 aliphatic heterocycles. The number of hydrogen-bond donors (Lipinski definition) is 3. The zero-order valence-corrected chi connectivity index (χ0v) is 18.9. The van der Waals surface area contributed by atoms with Crippen LogP contribution in [0.1, 0.15) is 54.1 Å². The number of rotatable bonds is 9. The molecule has 4 rings (SSSR count). The van der Waals surface area contributed by atoms with E-state index in [0.29, 0.717) is 18.7 Å². The van der Waals surface area contributed by atoms with E-state index in [1.54, 1.807) is 0 Å². The normalized spacial score (nSPS) is 19.4. The monoisotopic (exact) mass is 434 g/mol. The molecule has 6 heteroatoms. The van der Waals surface area contributed by atoms with Crippen LogP contribution in [0.4, 0.5) is 0 Å². The second-order valence-corrected chi connectivity index (χ2v) is 8.74. The van der Waals surface area contributed by atoms with Crippen molar-refractivity contribution in [1.82, 2.24) is 16.0 Å². The van der Waals surface area contributed by atoms with Gasteiger partial charge in [-0.1, -0.05) is 42.5 Å². The molecule has 1 atom stereocenters. The van der Waals surface area contributed by atoms with Gasteiger partial charge in [0, 0.05) is 37.2 Å². The molecule has 2 aromatic rings. The van der Waals surface area contributed by atoms with Crippen molar-refractivity contribution in [3.05, 3.63) is 71.3 Å². The Morgan fingerprint density at radius 1 is 1.09 bits per heavy atom. The standard InChI is InChI=1S/C26H34N4O2/c1-2-27-25(30-19-26(13-14-26)22-10-4-3-5-11-22)29-17-20-8-6-9-21(16-20)24(31)28-18-23-12-7-15-32-23/h3-6,8-11,16,23H,2,7,12-15,17-19H2,1H3,(H,28,31)(H2,27,29,30). The lowest BCUT2D eigenvalue weighted by molar-refractivity contribution is 0.0857. The van der Waals surface area contributed by atoms with Crippen LogP contribution in [0.25, 0.3) is 0 Å². The van der Waals surface area contributed by atoms with E-state index < -0.39 is 0 Å². The van der Waals surface area contributed by atoms with Crippen LogP contribution in [-0.2, 0) is 16.7 Å². The molecule has 2 fully saturated rings. The Morgan fingerprint density at radius 3 is 2.66 bits per heavy atom. The van der Waals surface area contributed by atoms with Gasteiger partial charge in [0.25, 0.3) is 5.91 Å². The molecule has 1 unspecified atom stereocenters. The highest BCUT2D eigenvalue weighted by Gasteiger charge is 2.44. The lowest BCUT2D eigenvalue weighted by Crippen LogP contribution is -2.41. The van der Waals surface area contributed by atoms with E-state index in [1.165, 1.54) is 18.4 Å². The van der Waals surface area contributed by atoms with Crippen LogP contribution in [0, 0.1) is 0 Å². The zero-order chi connectivity index (χ0) is 22.2. The number of ether oxygens (including phenoxy) is 1. The van der Waals surface area contributed by atoms with Crippen LogP contribution in [-0.4, -0.2) is 44.2 Å². The molecule has 2 aliphatic rings. The molecule has 1 heterocycles. The van der Waals surface area contributed by atoms with Crippen LogP contribution in [0.15, 0.2) is 59.6 Å². The first-order valence-corrected chi connectivity index (χ1v) is 11.7. The van der Waals surface area contributed by atoms with Gasteiger partial charge in [0.15, 0.2) is 5.96 Å². The smallest absolute Gasteiger partial charge is 0.251 e. The van der Waals surface area contributed by atoms with Crippen molar-refractivity contribution in [3.8, 4) is 0 Å². The Bertz CT molecular complexity index is 918. The number of carbonyl (C=O) groups is 1. The summed E-state index contributed by atoms with van der Waals surface area (Å²) >= 11 is 0. The van der Waals surface area contributed by atoms with Crippen molar-refractivity contribution < 1.29 is 9.53 Å². The first-order chi connectivity index (χ1) is 15.7. The molecule has 1 amide bonds. The summed E-state index contributed by atoms with van der Waals surface area (Å²) in [5.41, 5.74) is 3.29. The first kappa shape index (κ1) is 22.3. The molecule has 1 saturated heterocycles. The lowest BCUT2D eigenvalue weighted by Gasteiger charge is -2.19. The number of hydrogen-bond acceptors (Lipinski definition) is 3. The second kappa shape index (κ2) is 10.6. The van der Waals surface area contributed by atoms with E-state index in [1.807, 2.05) is 24.3 Å². The van der Waals surface area contributed by atoms with E-state index in [4.69, 9.17) is 9.73 Å². The fraction of sp³-hybridized carbons (Fsp3) is 0.462. The summed E-state index contributed by atoms with van der Waals surface area (Å²) in [6.07, 6.45) is 4.63. The van der Waals surface area contributed by atoms with Crippen molar-refractivity contribution in [2.75, 3.05) is 26.2 Å². The highest BCUT2D eigenvalue weighted by molar-refractivity contribution is 5.94. The summed E-state index contributed by atoms with van der Waals surface area (Å²) in [6.45, 7) is 5.62. The zero-order valence-electron chi connectivity index (χ0n) is 18.9. The highest BCUT2D eigenvalue weighted by Crippen LogP contribution is 2.47. The van der Waals surface area contributed by atoms with Crippen molar-refractivity contribution in [1.29, 1.82) is 0 Å². The SMILES string of the molecule is CCNC(=NCc1cccc(C(=O)NCC2CCCO2)c1)NCC1(c2ccccc2)CC1. The van der Waals surface area contributed by atoms with Gasteiger partial charge in [-0.3, -0.25) is 4.79 Å². The number of amides is 1. The first-order valence-electron chi connectivity index (χ1n) is 11.7. The molecular weight excluding hydrogens is 400 g/mol. The van der Waals surface area contributed by atoms with Crippen LogP contribution in [0.2, 0.25) is 0 Å². The molecule has 0 bridgehead atoms. The minimum atomic E-state index is -0.0603. The van der Waals surface area contributed by atoms with E-state index in [-0.39, 0.29) is 17.4 Å². The largest absolute Gasteiger partial charge is 0.376 e. The van der Waals surface area contributed by atoms with Crippen molar-refractivity contribution in [2.24, 2.45) is 4.99 Å². The maximum Gasteiger partial charge on any atom is 0.251 e. The molecule has 0 aromatic heterocycles. The van der Waals surface area contributed by atoms with Gasteiger partial charge in [0.2, 0.25) is 0 Å².